The van der Waals surface area contributed by atoms with E-state index in [0.717, 1.165) is 35.6 Å². The molecule has 26 heavy (non-hydrogen) atoms. The zero-order chi connectivity index (χ0) is 20.0. The highest BCUT2D eigenvalue weighted by Crippen LogP contribution is 2.42. The zero-order valence-corrected chi connectivity index (χ0v) is 17.1. The molecule has 0 aliphatic carbocycles. The molecule has 1 rings (SSSR count). The highest BCUT2D eigenvalue weighted by molar-refractivity contribution is 5.81. The molecular weight excluding hydrogens is 328 g/mol. The Labute approximate surface area is 158 Å². The van der Waals surface area contributed by atoms with E-state index in [-0.39, 0.29) is 17.4 Å². The number of carbonyl (C=O) groups is 1. The molecule has 1 aromatic rings. The Balaban J connectivity index is 3.05. The average Bonchev–Trinajstić information content (AvgIpc) is 2.61. The van der Waals surface area contributed by atoms with Crippen molar-refractivity contribution in [3.63, 3.8) is 0 Å². The maximum absolute atomic E-state index is 11.0. The van der Waals surface area contributed by atoms with Crippen LogP contribution in [0.15, 0.2) is 24.8 Å². The third-order valence-corrected chi connectivity index (χ3v) is 5.30. The van der Waals surface area contributed by atoms with E-state index in [2.05, 4.69) is 48.1 Å². The van der Waals surface area contributed by atoms with Gasteiger partial charge in [-0.2, -0.15) is 0 Å². The number of hydrogen-bond donors (Lipinski definition) is 1. The van der Waals surface area contributed by atoms with Crippen LogP contribution in [0.4, 0.5) is 0 Å². The van der Waals surface area contributed by atoms with Gasteiger partial charge in [0.15, 0.2) is 0 Å². The molecule has 0 unspecified atom stereocenters. The minimum atomic E-state index is -0.447. The standard InChI is InChI=1S/C22H34O4/c1-8-19(23)26-12-11-25-15-16-13-17(21(4,5)9-2)20(24)18(14-16)22(6,7)10-3/h8,13-14,24H,1,9-12,15H2,2-7H3. The minimum absolute atomic E-state index is 0.127. The van der Waals surface area contributed by atoms with Gasteiger partial charge in [-0.3, -0.25) is 0 Å². The third-order valence-electron chi connectivity index (χ3n) is 5.30. The van der Waals surface area contributed by atoms with Crippen molar-refractivity contribution in [2.24, 2.45) is 0 Å². The Morgan fingerprint density at radius 3 is 2.00 bits per heavy atom. The summed E-state index contributed by atoms with van der Waals surface area (Å²) < 4.78 is 10.6. The normalized spacial score (nSPS) is 12.1. The summed E-state index contributed by atoms with van der Waals surface area (Å²) in [6.45, 7) is 17.1. The van der Waals surface area contributed by atoms with Crippen LogP contribution in [0.5, 0.6) is 5.75 Å². The van der Waals surface area contributed by atoms with E-state index in [1.807, 2.05) is 12.1 Å². The number of rotatable bonds is 10. The van der Waals surface area contributed by atoms with Crippen LogP contribution in [0.3, 0.4) is 0 Å². The SMILES string of the molecule is C=CC(=O)OCCOCc1cc(C(C)(C)CC)c(O)c(C(C)(C)CC)c1. The Kier molecular flexibility index (Phi) is 7.88. The van der Waals surface area contributed by atoms with Gasteiger partial charge in [0.05, 0.1) is 13.2 Å². The Morgan fingerprint density at radius 1 is 1.08 bits per heavy atom. The van der Waals surface area contributed by atoms with Gasteiger partial charge >= 0.3 is 5.97 Å². The van der Waals surface area contributed by atoms with E-state index in [4.69, 9.17) is 9.47 Å². The Morgan fingerprint density at radius 2 is 1.58 bits per heavy atom. The molecule has 4 nitrogen and oxygen atoms in total. The zero-order valence-electron chi connectivity index (χ0n) is 17.1. The van der Waals surface area contributed by atoms with Gasteiger partial charge < -0.3 is 14.6 Å². The molecule has 1 N–H and O–H groups in total. The van der Waals surface area contributed by atoms with Gasteiger partial charge in [-0.1, -0.05) is 48.1 Å². The smallest absolute Gasteiger partial charge is 0.330 e. The van der Waals surface area contributed by atoms with Crippen LogP contribution < -0.4 is 0 Å². The first-order valence-corrected chi connectivity index (χ1v) is 9.32. The van der Waals surface area contributed by atoms with Gasteiger partial charge in [0.1, 0.15) is 12.4 Å². The summed E-state index contributed by atoms with van der Waals surface area (Å²) in [5.74, 6) is -0.0513. The Bertz CT molecular complexity index is 592. The molecule has 0 heterocycles. The van der Waals surface area contributed by atoms with Crippen molar-refractivity contribution in [3.8, 4) is 5.75 Å². The van der Waals surface area contributed by atoms with Crippen molar-refractivity contribution in [2.45, 2.75) is 71.8 Å². The monoisotopic (exact) mass is 362 g/mol. The minimum Gasteiger partial charge on any atom is -0.507 e. The van der Waals surface area contributed by atoms with Crippen LogP contribution in [0.2, 0.25) is 0 Å². The third kappa shape index (κ3) is 5.60. The molecule has 0 spiro atoms. The summed E-state index contributed by atoms with van der Waals surface area (Å²) in [7, 11) is 0. The lowest BCUT2D eigenvalue weighted by molar-refractivity contribution is -0.139. The number of phenolic OH excluding ortho intramolecular Hbond substituents is 1. The average molecular weight is 363 g/mol. The largest absolute Gasteiger partial charge is 0.507 e. The van der Waals surface area contributed by atoms with Crippen molar-refractivity contribution >= 4 is 5.97 Å². The summed E-state index contributed by atoms with van der Waals surface area (Å²) in [5.41, 5.74) is 2.67. The second kappa shape index (κ2) is 9.22. The van der Waals surface area contributed by atoms with Crippen LogP contribution in [0.25, 0.3) is 0 Å². The van der Waals surface area contributed by atoms with Crippen molar-refractivity contribution in [1.29, 1.82) is 0 Å². The molecule has 0 aliphatic rings. The van der Waals surface area contributed by atoms with Crippen molar-refractivity contribution < 1.29 is 19.4 Å². The van der Waals surface area contributed by atoms with Crippen LogP contribution >= 0.6 is 0 Å². The van der Waals surface area contributed by atoms with E-state index in [1.165, 1.54) is 0 Å². The van der Waals surface area contributed by atoms with E-state index < -0.39 is 5.97 Å². The number of benzene rings is 1. The highest BCUT2D eigenvalue weighted by Gasteiger charge is 2.29. The van der Waals surface area contributed by atoms with Gasteiger partial charge in [-0.05, 0) is 41.4 Å². The molecular formula is C22H34O4. The van der Waals surface area contributed by atoms with Gasteiger partial charge in [0, 0.05) is 17.2 Å². The molecule has 0 saturated heterocycles. The maximum Gasteiger partial charge on any atom is 0.330 e. The fraction of sp³-hybridized carbons (Fsp3) is 0.591. The number of carbonyl (C=O) groups excluding carboxylic acids is 1. The van der Waals surface area contributed by atoms with Gasteiger partial charge in [-0.15, -0.1) is 0 Å². The number of ether oxygens (including phenoxy) is 2. The van der Waals surface area contributed by atoms with E-state index in [0.29, 0.717) is 19.0 Å². The number of phenols is 1. The van der Waals surface area contributed by atoms with Crippen molar-refractivity contribution in [1.82, 2.24) is 0 Å². The van der Waals surface area contributed by atoms with Crippen LogP contribution in [0.1, 0.15) is 71.1 Å². The lowest BCUT2D eigenvalue weighted by Gasteiger charge is -2.31. The lowest BCUT2D eigenvalue weighted by atomic mass is 9.75. The van der Waals surface area contributed by atoms with Gasteiger partial charge in [-0.25, -0.2) is 4.79 Å². The van der Waals surface area contributed by atoms with E-state index >= 15 is 0 Å². The molecule has 0 bridgehead atoms. The predicted octanol–water partition coefficient (Wildman–Crippen LogP) is 5.01. The molecule has 0 radical (unpaired) electrons. The first-order valence-electron chi connectivity index (χ1n) is 9.32. The predicted molar refractivity (Wildman–Crippen MR) is 106 cm³/mol. The van der Waals surface area contributed by atoms with Crippen LogP contribution in [-0.4, -0.2) is 24.3 Å². The first-order chi connectivity index (χ1) is 12.1. The quantitative estimate of drug-likeness (QED) is 0.361. The summed E-state index contributed by atoms with van der Waals surface area (Å²) in [6.07, 6.45) is 2.99. The Hall–Kier alpha value is -1.81. The van der Waals surface area contributed by atoms with E-state index in [1.54, 1.807) is 0 Å². The number of esters is 1. The second-order valence-corrected chi connectivity index (χ2v) is 7.94. The number of hydrogen-bond acceptors (Lipinski definition) is 4. The summed E-state index contributed by atoms with van der Waals surface area (Å²) in [6, 6.07) is 4.06. The second-order valence-electron chi connectivity index (χ2n) is 7.94. The summed E-state index contributed by atoms with van der Waals surface area (Å²) in [4.78, 5) is 11.0. The molecule has 0 atom stereocenters. The fourth-order valence-electron chi connectivity index (χ4n) is 2.64. The molecule has 4 heteroatoms. The topological polar surface area (TPSA) is 55.8 Å². The first kappa shape index (κ1) is 22.2. The lowest BCUT2D eigenvalue weighted by Crippen LogP contribution is -2.21. The summed E-state index contributed by atoms with van der Waals surface area (Å²) in [5, 5.41) is 10.9. The van der Waals surface area contributed by atoms with Gasteiger partial charge in [0.2, 0.25) is 0 Å². The molecule has 146 valence electrons. The molecule has 0 fully saturated rings. The highest BCUT2D eigenvalue weighted by atomic mass is 16.6. The van der Waals surface area contributed by atoms with Gasteiger partial charge in [0.25, 0.3) is 0 Å². The maximum atomic E-state index is 11.0. The molecule has 0 aliphatic heterocycles. The molecule has 0 aromatic heterocycles. The summed E-state index contributed by atoms with van der Waals surface area (Å²) >= 11 is 0. The molecule has 1 aromatic carbocycles. The molecule has 0 amide bonds. The van der Waals surface area contributed by atoms with Crippen molar-refractivity contribution in [2.75, 3.05) is 13.2 Å². The number of aromatic hydroxyl groups is 1. The molecule has 0 saturated carbocycles. The van der Waals surface area contributed by atoms with Crippen LogP contribution in [0, 0.1) is 0 Å². The van der Waals surface area contributed by atoms with E-state index in [9.17, 15) is 9.90 Å². The van der Waals surface area contributed by atoms with Crippen LogP contribution in [-0.2, 0) is 31.7 Å². The fourth-order valence-corrected chi connectivity index (χ4v) is 2.64. The van der Waals surface area contributed by atoms with Crippen molar-refractivity contribution in [3.05, 3.63) is 41.5 Å².